The molecule has 0 spiro atoms. The molecule has 0 fully saturated rings. The molecule has 0 aliphatic carbocycles. The minimum absolute atomic E-state index is 0.207. The van der Waals surface area contributed by atoms with E-state index in [9.17, 15) is 0 Å². The van der Waals surface area contributed by atoms with Crippen molar-refractivity contribution in [1.29, 1.82) is 0 Å². The Bertz CT molecular complexity index is 399. The molecular weight excluding hydrogens is 252 g/mol. The van der Waals surface area contributed by atoms with E-state index >= 15 is 0 Å². The number of fused-ring (bicyclic) bond motifs is 1. The minimum Gasteiger partial charge on any atom is -0.398 e. The highest BCUT2D eigenvalue weighted by Crippen LogP contribution is 2.38. The number of halogens is 1. The van der Waals surface area contributed by atoms with Gasteiger partial charge in [0.25, 0.3) is 0 Å². The SMILES string of the molecule is CN1Cc2c(ccc(N)c2Br)C(C)(C)C1. The van der Waals surface area contributed by atoms with Crippen molar-refractivity contribution in [1.82, 2.24) is 4.90 Å². The molecule has 0 bridgehead atoms. The summed E-state index contributed by atoms with van der Waals surface area (Å²) in [5.41, 5.74) is 9.71. The van der Waals surface area contributed by atoms with Crippen LogP contribution in [0.4, 0.5) is 5.69 Å². The number of likely N-dealkylation sites (N-methyl/N-ethyl adjacent to an activating group) is 1. The molecule has 1 aromatic carbocycles. The van der Waals surface area contributed by atoms with Gasteiger partial charge in [0.2, 0.25) is 0 Å². The smallest absolute Gasteiger partial charge is 0.0462 e. The number of hydrogen-bond acceptors (Lipinski definition) is 2. The Morgan fingerprint density at radius 3 is 2.73 bits per heavy atom. The first-order valence-corrected chi connectivity index (χ1v) is 5.97. The van der Waals surface area contributed by atoms with Crippen molar-refractivity contribution in [3.8, 4) is 0 Å². The summed E-state index contributed by atoms with van der Waals surface area (Å²) in [7, 11) is 2.15. The molecule has 0 radical (unpaired) electrons. The fraction of sp³-hybridized carbons (Fsp3) is 0.500. The monoisotopic (exact) mass is 268 g/mol. The summed E-state index contributed by atoms with van der Waals surface area (Å²) in [5.74, 6) is 0. The lowest BCUT2D eigenvalue weighted by Gasteiger charge is -2.38. The van der Waals surface area contributed by atoms with Crippen molar-refractivity contribution in [2.45, 2.75) is 25.8 Å². The Kier molecular flexibility index (Phi) is 2.55. The molecule has 1 aromatic rings. The maximum Gasteiger partial charge on any atom is 0.0462 e. The van der Waals surface area contributed by atoms with Crippen LogP contribution in [-0.4, -0.2) is 18.5 Å². The summed E-state index contributed by atoms with van der Waals surface area (Å²) in [5, 5.41) is 0. The molecule has 0 saturated carbocycles. The normalized spacial score (nSPS) is 20.0. The summed E-state index contributed by atoms with van der Waals surface area (Å²) in [6, 6.07) is 4.17. The molecule has 1 aliphatic heterocycles. The second-order valence-corrected chi connectivity index (χ2v) is 5.84. The molecule has 2 nitrogen and oxygen atoms in total. The van der Waals surface area contributed by atoms with Crippen LogP contribution in [0, 0.1) is 0 Å². The first-order valence-electron chi connectivity index (χ1n) is 5.18. The van der Waals surface area contributed by atoms with Gasteiger partial charge < -0.3 is 10.6 Å². The lowest BCUT2D eigenvalue weighted by atomic mass is 9.78. The Balaban J connectivity index is 2.62. The van der Waals surface area contributed by atoms with Gasteiger partial charge in [-0.3, -0.25) is 0 Å². The maximum atomic E-state index is 5.91. The summed E-state index contributed by atoms with van der Waals surface area (Å²) in [4.78, 5) is 2.34. The summed E-state index contributed by atoms with van der Waals surface area (Å²) >= 11 is 3.59. The first kappa shape index (κ1) is 11.0. The van der Waals surface area contributed by atoms with Crippen LogP contribution in [0.3, 0.4) is 0 Å². The minimum atomic E-state index is 0.207. The van der Waals surface area contributed by atoms with Gasteiger partial charge >= 0.3 is 0 Å². The molecule has 0 unspecified atom stereocenters. The van der Waals surface area contributed by atoms with E-state index < -0.39 is 0 Å². The fourth-order valence-corrected chi connectivity index (χ4v) is 2.98. The molecule has 1 aliphatic rings. The summed E-state index contributed by atoms with van der Waals surface area (Å²) in [6.07, 6.45) is 0. The molecule has 15 heavy (non-hydrogen) atoms. The molecule has 0 saturated heterocycles. The number of hydrogen-bond donors (Lipinski definition) is 1. The van der Waals surface area contributed by atoms with Gasteiger partial charge in [0, 0.05) is 28.7 Å². The predicted octanol–water partition coefficient (Wildman–Crippen LogP) is 2.75. The van der Waals surface area contributed by atoms with E-state index in [2.05, 4.69) is 47.8 Å². The Morgan fingerprint density at radius 1 is 1.40 bits per heavy atom. The van der Waals surface area contributed by atoms with Crippen molar-refractivity contribution in [2.75, 3.05) is 19.3 Å². The van der Waals surface area contributed by atoms with E-state index in [1.54, 1.807) is 0 Å². The Hall–Kier alpha value is -0.540. The fourth-order valence-electron chi connectivity index (χ4n) is 2.51. The highest BCUT2D eigenvalue weighted by atomic mass is 79.9. The van der Waals surface area contributed by atoms with E-state index in [4.69, 9.17) is 5.73 Å². The third-order valence-corrected chi connectivity index (χ3v) is 4.03. The Morgan fingerprint density at radius 2 is 2.07 bits per heavy atom. The van der Waals surface area contributed by atoms with Crippen molar-refractivity contribution in [3.05, 3.63) is 27.7 Å². The van der Waals surface area contributed by atoms with Gasteiger partial charge in [0.05, 0.1) is 0 Å². The molecule has 0 amide bonds. The average Bonchev–Trinajstić information content (AvgIpc) is 2.10. The highest BCUT2D eigenvalue weighted by molar-refractivity contribution is 9.10. The molecule has 3 heteroatoms. The largest absolute Gasteiger partial charge is 0.398 e. The van der Waals surface area contributed by atoms with Gasteiger partial charge in [0.1, 0.15) is 0 Å². The van der Waals surface area contributed by atoms with Crippen LogP contribution < -0.4 is 5.73 Å². The topological polar surface area (TPSA) is 29.3 Å². The van der Waals surface area contributed by atoms with Crippen molar-refractivity contribution >= 4 is 21.6 Å². The van der Waals surface area contributed by atoms with Crippen LogP contribution in [0.1, 0.15) is 25.0 Å². The van der Waals surface area contributed by atoms with Crippen LogP contribution in [0.5, 0.6) is 0 Å². The van der Waals surface area contributed by atoms with E-state index in [1.807, 2.05) is 6.07 Å². The molecule has 1 heterocycles. The summed E-state index contributed by atoms with van der Waals surface area (Å²) < 4.78 is 1.07. The lowest BCUT2D eigenvalue weighted by molar-refractivity contribution is 0.235. The first-order chi connectivity index (χ1) is 6.92. The van der Waals surface area contributed by atoms with E-state index in [0.29, 0.717) is 0 Å². The third-order valence-electron chi connectivity index (χ3n) is 3.10. The van der Waals surface area contributed by atoms with Crippen LogP contribution in [0.15, 0.2) is 16.6 Å². The highest BCUT2D eigenvalue weighted by Gasteiger charge is 2.31. The number of anilines is 1. The average molecular weight is 269 g/mol. The van der Waals surface area contributed by atoms with E-state index in [1.165, 1.54) is 11.1 Å². The van der Waals surface area contributed by atoms with Crippen LogP contribution in [0.25, 0.3) is 0 Å². The molecule has 82 valence electrons. The summed E-state index contributed by atoms with van der Waals surface area (Å²) in [6.45, 7) is 6.63. The molecule has 0 aromatic heterocycles. The van der Waals surface area contributed by atoms with Gasteiger partial charge in [-0.15, -0.1) is 0 Å². The zero-order chi connectivity index (χ0) is 11.2. The van der Waals surface area contributed by atoms with Gasteiger partial charge in [-0.2, -0.15) is 0 Å². The zero-order valence-corrected chi connectivity index (χ0v) is 11.1. The molecule has 2 rings (SSSR count). The van der Waals surface area contributed by atoms with Crippen LogP contribution >= 0.6 is 15.9 Å². The van der Waals surface area contributed by atoms with Crippen molar-refractivity contribution < 1.29 is 0 Å². The van der Waals surface area contributed by atoms with Crippen LogP contribution in [-0.2, 0) is 12.0 Å². The number of benzene rings is 1. The van der Waals surface area contributed by atoms with Gasteiger partial charge in [-0.25, -0.2) is 0 Å². The second-order valence-electron chi connectivity index (χ2n) is 5.05. The predicted molar refractivity (Wildman–Crippen MR) is 67.9 cm³/mol. The zero-order valence-electron chi connectivity index (χ0n) is 9.47. The Labute approximate surface area is 99.6 Å². The molecular formula is C12H17BrN2. The number of nitrogen functional groups attached to an aromatic ring is 1. The number of nitrogens with two attached hydrogens (primary N) is 1. The quantitative estimate of drug-likeness (QED) is 0.734. The van der Waals surface area contributed by atoms with E-state index in [-0.39, 0.29) is 5.41 Å². The van der Waals surface area contributed by atoms with Gasteiger partial charge in [0.15, 0.2) is 0 Å². The van der Waals surface area contributed by atoms with Crippen molar-refractivity contribution in [3.63, 3.8) is 0 Å². The van der Waals surface area contributed by atoms with Gasteiger partial charge in [-0.1, -0.05) is 19.9 Å². The maximum absolute atomic E-state index is 5.91. The number of nitrogens with zero attached hydrogens (tertiary/aromatic N) is 1. The lowest BCUT2D eigenvalue weighted by Crippen LogP contribution is -2.40. The van der Waals surface area contributed by atoms with E-state index in [0.717, 1.165) is 23.2 Å². The van der Waals surface area contributed by atoms with Crippen molar-refractivity contribution in [2.24, 2.45) is 0 Å². The number of rotatable bonds is 0. The second kappa shape index (κ2) is 3.49. The molecule has 2 N–H and O–H groups in total. The van der Waals surface area contributed by atoms with Gasteiger partial charge in [-0.05, 0) is 40.2 Å². The van der Waals surface area contributed by atoms with Crippen LogP contribution in [0.2, 0.25) is 0 Å². The standard InChI is InChI=1S/C12H17BrN2/c1-12(2)7-15(3)6-8-9(12)4-5-10(14)11(8)13/h4-5H,6-7,14H2,1-3H3. The third kappa shape index (κ3) is 1.79. The molecule has 0 atom stereocenters.